The number of anilines is 2. The lowest BCUT2D eigenvalue weighted by Crippen LogP contribution is -2.36. The summed E-state index contributed by atoms with van der Waals surface area (Å²) in [7, 11) is 3.62. The molecule has 0 unspecified atom stereocenters. The van der Waals surface area contributed by atoms with Gasteiger partial charge in [-0.15, -0.1) is 0 Å². The highest BCUT2D eigenvalue weighted by Crippen LogP contribution is 2.45. The molecular formula is C27H27N3O5. The molecule has 0 bridgehead atoms. The molecule has 180 valence electrons. The Hall–Kier alpha value is -3.99. The summed E-state index contributed by atoms with van der Waals surface area (Å²) in [6.45, 7) is 0.462. The third-order valence-corrected chi connectivity index (χ3v) is 7.13. The molecule has 3 aliphatic rings. The van der Waals surface area contributed by atoms with Crippen molar-refractivity contribution >= 4 is 23.1 Å². The van der Waals surface area contributed by atoms with Gasteiger partial charge in [0.2, 0.25) is 5.78 Å². The fourth-order valence-electron chi connectivity index (χ4n) is 5.33. The van der Waals surface area contributed by atoms with Crippen molar-refractivity contribution in [1.82, 2.24) is 0 Å². The Balaban J connectivity index is 1.37. The minimum Gasteiger partial charge on any atom is -0.486 e. The number of benzene rings is 2. The first-order chi connectivity index (χ1) is 17.0. The van der Waals surface area contributed by atoms with Crippen LogP contribution >= 0.6 is 0 Å². The van der Waals surface area contributed by atoms with Crippen LogP contribution in [-0.4, -0.2) is 45.7 Å². The van der Waals surface area contributed by atoms with E-state index in [4.69, 9.17) is 14.2 Å². The van der Waals surface area contributed by atoms with Gasteiger partial charge in [0.15, 0.2) is 18.1 Å². The van der Waals surface area contributed by atoms with Crippen LogP contribution in [-0.2, 0) is 19.7 Å². The van der Waals surface area contributed by atoms with E-state index in [1.165, 1.54) is 0 Å². The largest absolute Gasteiger partial charge is 0.486 e. The van der Waals surface area contributed by atoms with Crippen molar-refractivity contribution in [2.45, 2.75) is 31.1 Å². The molecule has 1 aliphatic carbocycles. The van der Waals surface area contributed by atoms with Gasteiger partial charge >= 0.3 is 5.97 Å². The second-order valence-corrected chi connectivity index (χ2v) is 9.06. The van der Waals surface area contributed by atoms with Gasteiger partial charge in [-0.3, -0.25) is 9.59 Å². The Morgan fingerprint density at radius 1 is 1.00 bits per heavy atom. The van der Waals surface area contributed by atoms with Crippen molar-refractivity contribution in [1.29, 1.82) is 5.26 Å². The van der Waals surface area contributed by atoms with Gasteiger partial charge in [-0.25, -0.2) is 0 Å². The van der Waals surface area contributed by atoms with Crippen molar-refractivity contribution in [2.24, 2.45) is 0 Å². The number of hydrogen-bond donors (Lipinski definition) is 0. The zero-order chi connectivity index (χ0) is 24.6. The van der Waals surface area contributed by atoms with E-state index < -0.39 is 23.8 Å². The smallest absolute Gasteiger partial charge is 0.317 e. The molecular weight excluding hydrogens is 446 g/mol. The highest BCUT2D eigenvalue weighted by Gasteiger charge is 2.45. The Labute approximate surface area is 204 Å². The molecule has 2 aliphatic heterocycles. The lowest BCUT2D eigenvalue weighted by atomic mass is 9.78. The van der Waals surface area contributed by atoms with Gasteiger partial charge < -0.3 is 24.0 Å². The molecule has 8 heteroatoms. The SMILES string of the molecule is CN1C(=C(C#N)C(=O)COC(=O)C2(c3ccc4c(c3)OCCO4)CCCC2)N(C)c2ccccc21. The molecule has 2 aromatic carbocycles. The van der Waals surface area contributed by atoms with Gasteiger partial charge in [-0.05, 0) is 42.7 Å². The third kappa shape index (κ3) is 3.77. The average Bonchev–Trinajstić information content (AvgIpc) is 3.48. The topological polar surface area (TPSA) is 92.1 Å². The monoisotopic (exact) mass is 473 g/mol. The molecule has 5 rings (SSSR count). The van der Waals surface area contributed by atoms with E-state index in [9.17, 15) is 14.9 Å². The van der Waals surface area contributed by atoms with Crippen molar-refractivity contribution in [3.63, 3.8) is 0 Å². The zero-order valence-electron chi connectivity index (χ0n) is 19.9. The fourth-order valence-corrected chi connectivity index (χ4v) is 5.33. The van der Waals surface area contributed by atoms with Gasteiger partial charge in [0.05, 0.1) is 16.8 Å². The number of para-hydroxylation sites is 2. The molecule has 1 saturated carbocycles. The van der Waals surface area contributed by atoms with Crippen LogP contribution < -0.4 is 19.3 Å². The number of rotatable bonds is 5. The molecule has 0 N–H and O–H groups in total. The molecule has 0 atom stereocenters. The van der Waals surface area contributed by atoms with Crippen LogP contribution in [0.2, 0.25) is 0 Å². The maximum absolute atomic E-state index is 13.4. The van der Waals surface area contributed by atoms with Crippen LogP contribution in [0, 0.1) is 11.3 Å². The number of nitrogens with zero attached hydrogens (tertiary/aromatic N) is 3. The Morgan fingerprint density at radius 3 is 2.26 bits per heavy atom. The van der Waals surface area contributed by atoms with Crippen LogP contribution in [0.3, 0.4) is 0 Å². The van der Waals surface area contributed by atoms with E-state index >= 15 is 0 Å². The zero-order valence-corrected chi connectivity index (χ0v) is 19.9. The van der Waals surface area contributed by atoms with E-state index in [-0.39, 0.29) is 5.57 Å². The summed E-state index contributed by atoms with van der Waals surface area (Å²) < 4.78 is 16.9. The molecule has 8 nitrogen and oxygen atoms in total. The summed E-state index contributed by atoms with van der Waals surface area (Å²) in [6.07, 6.45) is 3.04. The lowest BCUT2D eigenvalue weighted by Gasteiger charge is -2.29. The van der Waals surface area contributed by atoms with E-state index in [1.807, 2.05) is 62.6 Å². The van der Waals surface area contributed by atoms with Crippen LogP contribution in [0.5, 0.6) is 11.5 Å². The second kappa shape index (κ2) is 8.99. The number of ether oxygens (including phenoxy) is 3. The summed E-state index contributed by atoms with van der Waals surface area (Å²) in [5.74, 6) is 0.772. The van der Waals surface area contributed by atoms with Gasteiger partial charge in [0.1, 0.15) is 30.7 Å². The van der Waals surface area contributed by atoms with E-state index in [2.05, 4.69) is 0 Å². The quantitative estimate of drug-likeness (QED) is 0.369. The van der Waals surface area contributed by atoms with Crippen LogP contribution in [0.1, 0.15) is 31.2 Å². The van der Waals surface area contributed by atoms with E-state index in [0.717, 1.165) is 29.8 Å². The highest BCUT2D eigenvalue weighted by molar-refractivity contribution is 6.04. The molecule has 2 heterocycles. The molecule has 0 spiro atoms. The number of esters is 1. The predicted octanol–water partition coefficient (Wildman–Crippen LogP) is 3.70. The molecule has 0 radical (unpaired) electrons. The fraction of sp³-hybridized carbons (Fsp3) is 0.370. The number of hydrogen-bond acceptors (Lipinski definition) is 8. The highest BCUT2D eigenvalue weighted by atomic mass is 16.6. The number of carbonyl (C=O) groups excluding carboxylic acids is 2. The summed E-state index contributed by atoms with van der Waals surface area (Å²) in [4.78, 5) is 30.1. The number of ketones is 1. The van der Waals surface area contributed by atoms with Crippen LogP contribution in [0.15, 0.2) is 53.9 Å². The molecule has 1 fully saturated rings. The maximum atomic E-state index is 13.4. The predicted molar refractivity (Wildman–Crippen MR) is 129 cm³/mol. The van der Waals surface area contributed by atoms with Gasteiger partial charge in [-0.2, -0.15) is 5.26 Å². The number of fused-ring (bicyclic) bond motifs is 2. The molecule has 0 saturated heterocycles. The molecule has 0 aromatic heterocycles. The molecule has 2 aromatic rings. The van der Waals surface area contributed by atoms with Crippen molar-refractivity contribution in [2.75, 3.05) is 43.7 Å². The van der Waals surface area contributed by atoms with Crippen LogP contribution in [0.25, 0.3) is 0 Å². The summed E-state index contributed by atoms with van der Waals surface area (Å²) >= 11 is 0. The summed E-state index contributed by atoms with van der Waals surface area (Å²) in [5.41, 5.74) is 1.71. The second-order valence-electron chi connectivity index (χ2n) is 9.06. The first kappa shape index (κ1) is 22.8. The summed E-state index contributed by atoms with van der Waals surface area (Å²) in [6, 6.07) is 15.2. The first-order valence-electron chi connectivity index (χ1n) is 11.8. The summed E-state index contributed by atoms with van der Waals surface area (Å²) in [5, 5.41) is 9.84. The van der Waals surface area contributed by atoms with Gasteiger partial charge in [0.25, 0.3) is 0 Å². The Kier molecular flexibility index (Phi) is 5.85. The van der Waals surface area contributed by atoms with E-state index in [1.54, 1.807) is 9.80 Å². The van der Waals surface area contributed by atoms with E-state index in [0.29, 0.717) is 43.4 Å². The minimum absolute atomic E-state index is 0.0428. The average molecular weight is 474 g/mol. The Morgan fingerprint density at radius 2 is 1.63 bits per heavy atom. The van der Waals surface area contributed by atoms with Crippen molar-refractivity contribution in [3.05, 3.63) is 59.4 Å². The van der Waals surface area contributed by atoms with Gasteiger partial charge in [-0.1, -0.05) is 31.0 Å². The maximum Gasteiger partial charge on any atom is 0.317 e. The normalized spacial score (nSPS) is 17.6. The van der Waals surface area contributed by atoms with Crippen molar-refractivity contribution < 1.29 is 23.8 Å². The number of Topliss-reactive ketones (excluding diaryl/α,β-unsaturated/α-hetero) is 1. The third-order valence-electron chi connectivity index (χ3n) is 7.13. The number of carbonyl (C=O) groups is 2. The standard InChI is InChI=1S/C27H27N3O5/c1-29-20-7-3-4-8-21(20)30(2)25(29)19(16-28)22(31)17-35-26(32)27(11-5-6-12-27)18-9-10-23-24(15-18)34-14-13-33-23/h3-4,7-10,15H,5-6,11-14,17H2,1-2H3. The Bertz CT molecular complexity index is 1220. The lowest BCUT2D eigenvalue weighted by molar-refractivity contribution is -0.153. The van der Waals surface area contributed by atoms with Crippen molar-refractivity contribution in [3.8, 4) is 17.6 Å². The number of nitriles is 1. The minimum atomic E-state index is -0.840. The first-order valence-corrected chi connectivity index (χ1v) is 11.8. The molecule has 35 heavy (non-hydrogen) atoms. The van der Waals surface area contributed by atoms with Gasteiger partial charge in [0, 0.05) is 14.1 Å². The molecule has 0 amide bonds. The van der Waals surface area contributed by atoms with Crippen LogP contribution in [0.4, 0.5) is 11.4 Å².